The Morgan fingerprint density at radius 3 is 2.78 bits per heavy atom. The maximum Gasteiger partial charge on any atom is 0.227 e. The van der Waals surface area contributed by atoms with Crippen LogP contribution in [0.3, 0.4) is 0 Å². The van der Waals surface area contributed by atoms with Gasteiger partial charge in [-0.1, -0.05) is 49.4 Å². The largest absolute Gasteiger partial charge is 0.339 e. The van der Waals surface area contributed by atoms with Crippen LogP contribution in [0.25, 0.3) is 10.8 Å². The number of rotatable bonds is 4. The Labute approximate surface area is 138 Å². The van der Waals surface area contributed by atoms with E-state index in [0.29, 0.717) is 24.9 Å². The second-order valence-corrected chi connectivity index (χ2v) is 6.71. The van der Waals surface area contributed by atoms with Crippen LogP contribution in [0.4, 0.5) is 0 Å². The number of nitrogens with zero attached hydrogens (tertiary/aromatic N) is 1. The van der Waals surface area contributed by atoms with Crippen LogP contribution in [0.1, 0.15) is 31.7 Å². The summed E-state index contributed by atoms with van der Waals surface area (Å²) in [5.74, 6) is 0.790. The van der Waals surface area contributed by atoms with Gasteiger partial charge in [0.2, 0.25) is 5.91 Å². The standard InChI is InChI=1S/C20H26N2O/c1-15-5-4-12-22(19(15)10-11-21)20(23)14-16-8-9-17-6-2-3-7-18(17)13-16/h2-3,6-9,13,15,19H,4-5,10-12,14,21H2,1H3. The third-order valence-corrected chi connectivity index (χ3v) is 5.07. The smallest absolute Gasteiger partial charge is 0.227 e. The first-order chi connectivity index (χ1) is 11.2. The van der Waals surface area contributed by atoms with Crippen molar-refractivity contribution in [2.45, 2.75) is 38.6 Å². The molecule has 1 amide bonds. The number of piperidine rings is 1. The SMILES string of the molecule is CC1CCCN(C(=O)Cc2ccc3ccccc3c2)C1CCN. The molecule has 0 aromatic heterocycles. The lowest BCUT2D eigenvalue weighted by Crippen LogP contribution is -2.49. The van der Waals surface area contributed by atoms with E-state index in [1.807, 2.05) is 12.1 Å². The minimum Gasteiger partial charge on any atom is -0.339 e. The molecule has 0 radical (unpaired) electrons. The Morgan fingerprint density at radius 2 is 2.00 bits per heavy atom. The molecule has 0 bridgehead atoms. The molecule has 3 nitrogen and oxygen atoms in total. The Bertz CT molecular complexity index is 682. The second kappa shape index (κ2) is 7.14. The quantitative estimate of drug-likeness (QED) is 0.941. The van der Waals surface area contributed by atoms with E-state index in [-0.39, 0.29) is 5.91 Å². The Kier molecular flexibility index (Phi) is 4.97. The van der Waals surface area contributed by atoms with Crippen molar-refractivity contribution >= 4 is 16.7 Å². The van der Waals surface area contributed by atoms with Crippen LogP contribution in [0.2, 0.25) is 0 Å². The van der Waals surface area contributed by atoms with Crippen molar-refractivity contribution in [1.82, 2.24) is 4.90 Å². The normalized spacial score (nSPS) is 21.6. The summed E-state index contributed by atoms with van der Waals surface area (Å²) in [4.78, 5) is 14.9. The third-order valence-electron chi connectivity index (χ3n) is 5.07. The maximum atomic E-state index is 12.8. The lowest BCUT2D eigenvalue weighted by atomic mass is 9.88. The molecule has 1 aliphatic rings. The zero-order chi connectivity index (χ0) is 16.2. The topological polar surface area (TPSA) is 46.3 Å². The summed E-state index contributed by atoms with van der Waals surface area (Å²) in [6.45, 7) is 3.77. The summed E-state index contributed by atoms with van der Waals surface area (Å²) in [7, 11) is 0. The predicted molar refractivity (Wildman–Crippen MR) is 95.2 cm³/mol. The molecule has 0 saturated carbocycles. The summed E-state index contributed by atoms with van der Waals surface area (Å²) < 4.78 is 0. The number of hydrogen-bond acceptors (Lipinski definition) is 2. The molecule has 1 heterocycles. The van der Waals surface area contributed by atoms with E-state index in [0.717, 1.165) is 24.9 Å². The number of hydrogen-bond donors (Lipinski definition) is 1. The number of amides is 1. The number of carbonyl (C=O) groups is 1. The second-order valence-electron chi connectivity index (χ2n) is 6.71. The average Bonchev–Trinajstić information content (AvgIpc) is 2.56. The predicted octanol–water partition coefficient (Wildman–Crippen LogP) is 3.36. The molecule has 1 saturated heterocycles. The van der Waals surface area contributed by atoms with Crippen molar-refractivity contribution in [3.63, 3.8) is 0 Å². The summed E-state index contributed by atoms with van der Waals surface area (Å²) in [5, 5.41) is 2.42. The first kappa shape index (κ1) is 16.0. The minimum absolute atomic E-state index is 0.241. The van der Waals surface area contributed by atoms with Crippen molar-refractivity contribution in [3.8, 4) is 0 Å². The number of benzene rings is 2. The fourth-order valence-electron chi connectivity index (χ4n) is 3.79. The lowest BCUT2D eigenvalue weighted by Gasteiger charge is -2.40. The number of nitrogens with two attached hydrogens (primary N) is 1. The molecule has 2 atom stereocenters. The third kappa shape index (κ3) is 3.56. The zero-order valence-corrected chi connectivity index (χ0v) is 13.9. The van der Waals surface area contributed by atoms with E-state index in [4.69, 9.17) is 5.73 Å². The van der Waals surface area contributed by atoms with E-state index in [2.05, 4.69) is 42.2 Å². The summed E-state index contributed by atoms with van der Waals surface area (Å²) >= 11 is 0. The highest BCUT2D eigenvalue weighted by molar-refractivity contribution is 5.85. The van der Waals surface area contributed by atoms with E-state index in [1.54, 1.807) is 0 Å². The Balaban J connectivity index is 1.76. The van der Waals surface area contributed by atoms with E-state index in [1.165, 1.54) is 17.2 Å². The molecule has 2 aromatic carbocycles. The molecule has 0 spiro atoms. The molecule has 2 unspecified atom stereocenters. The molecule has 122 valence electrons. The van der Waals surface area contributed by atoms with Crippen LogP contribution in [0, 0.1) is 5.92 Å². The summed E-state index contributed by atoms with van der Waals surface area (Å²) in [6.07, 6.45) is 3.69. The zero-order valence-electron chi connectivity index (χ0n) is 13.9. The molecular formula is C20H26N2O. The first-order valence-electron chi connectivity index (χ1n) is 8.66. The fourth-order valence-corrected chi connectivity index (χ4v) is 3.79. The Hall–Kier alpha value is -1.87. The van der Waals surface area contributed by atoms with Gasteiger partial charge in [-0.3, -0.25) is 4.79 Å². The van der Waals surface area contributed by atoms with Gasteiger partial charge in [0.15, 0.2) is 0 Å². The van der Waals surface area contributed by atoms with E-state index < -0.39 is 0 Å². The van der Waals surface area contributed by atoms with Crippen LogP contribution in [-0.2, 0) is 11.2 Å². The van der Waals surface area contributed by atoms with Gasteiger partial charge in [-0.15, -0.1) is 0 Å². The molecule has 3 heteroatoms. The van der Waals surface area contributed by atoms with Crippen molar-refractivity contribution in [3.05, 3.63) is 48.0 Å². The first-order valence-corrected chi connectivity index (χ1v) is 8.66. The van der Waals surface area contributed by atoms with Crippen LogP contribution >= 0.6 is 0 Å². The lowest BCUT2D eigenvalue weighted by molar-refractivity contribution is -0.135. The Morgan fingerprint density at radius 1 is 1.22 bits per heavy atom. The van der Waals surface area contributed by atoms with Gasteiger partial charge in [-0.2, -0.15) is 0 Å². The van der Waals surface area contributed by atoms with Crippen molar-refractivity contribution in [1.29, 1.82) is 0 Å². The van der Waals surface area contributed by atoms with Crippen LogP contribution in [0.15, 0.2) is 42.5 Å². The highest BCUT2D eigenvalue weighted by Crippen LogP contribution is 2.26. The monoisotopic (exact) mass is 310 g/mol. The van der Waals surface area contributed by atoms with Gasteiger partial charge in [0.25, 0.3) is 0 Å². The average molecular weight is 310 g/mol. The van der Waals surface area contributed by atoms with Gasteiger partial charge in [0.1, 0.15) is 0 Å². The molecule has 1 fully saturated rings. The van der Waals surface area contributed by atoms with Gasteiger partial charge in [-0.25, -0.2) is 0 Å². The highest BCUT2D eigenvalue weighted by Gasteiger charge is 2.30. The molecule has 2 aromatic rings. The summed E-state index contributed by atoms with van der Waals surface area (Å²) in [5.41, 5.74) is 6.86. The number of carbonyl (C=O) groups excluding carboxylic acids is 1. The van der Waals surface area contributed by atoms with Gasteiger partial charge in [-0.05, 0) is 48.1 Å². The van der Waals surface area contributed by atoms with Crippen LogP contribution in [-0.4, -0.2) is 29.9 Å². The summed E-state index contributed by atoms with van der Waals surface area (Å²) in [6, 6.07) is 14.9. The van der Waals surface area contributed by atoms with E-state index in [9.17, 15) is 4.79 Å². The van der Waals surface area contributed by atoms with Gasteiger partial charge >= 0.3 is 0 Å². The van der Waals surface area contributed by atoms with E-state index >= 15 is 0 Å². The molecular weight excluding hydrogens is 284 g/mol. The van der Waals surface area contributed by atoms with Crippen molar-refractivity contribution < 1.29 is 4.79 Å². The number of likely N-dealkylation sites (tertiary alicyclic amines) is 1. The molecule has 3 rings (SSSR count). The number of fused-ring (bicyclic) bond motifs is 1. The molecule has 2 N–H and O–H groups in total. The van der Waals surface area contributed by atoms with Gasteiger partial charge < -0.3 is 10.6 Å². The molecule has 23 heavy (non-hydrogen) atoms. The minimum atomic E-state index is 0.241. The van der Waals surface area contributed by atoms with Crippen LogP contribution in [0.5, 0.6) is 0 Å². The van der Waals surface area contributed by atoms with Gasteiger partial charge in [0, 0.05) is 12.6 Å². The van der Waals surface area contributed by atoms with Crippen molar-refractivity contribution in [2.75, 3.05) is 13.1 Å². The van der Waals surface area contributed by atoms with Crippen molar-refractivity contribution in [2.24, 2.45) is 11.7 Å². The van der Waals surface area contributed by atoms with Crippen LogP contribution < -0.4 is 5.73 Å². The maximum absolute atomic E-state index is 12.8. The molecule has 1 aliphatic heterocycles. The fraction of sp³-hybridized carbons (Fsp3) is 0.450. The van der Waals surface area contributed by atoms with Gasteiger partial charge in [0.05, 0.1) is 6.42 Å². The highest BCUT2D eigenvalue weighted by atomic mass is 16.2. The molecule has 0 aliphatic carbocycles.